The lowest BCUT2D eigenvalue weighted by Crippen LogP contribution is -2.30. The van der Waals surface area contributed by atoms with E-state index in [1.54, 1.807) is 42.5 Å². The summed E-state index contributed by atoms with van der Waals surface area (Å²) in [4.78, 5) is 36.3. The van der Waals surface area contributed by atoms with Crippen molar-refractivity contribution in [2.75, 3.05) is 4.90 Å². The average molecular weight is 410 g/mol. The van der Waals surface area contributed by atoms with Crippen LogP contribution in [-0.2, 0) is 4.79 Å². The summed E-state index contributed by atoms with van der Waals surface area (Å²) in [5.74, 6) is 0.151. The molecule has 1 aliphatic rings. The molecule has 3 aromatic rings. The van der Waals surface area contributed by atoms with Crippen molar-refractivity contribution in [2.45, 2.75) is 0 Å². The van der Waals surface area contributed by atoms with Gasteiger partial charge in [0.25, 0.3) is 11.6 Å². The van der Waals surface area contributed by atoms with Gasteiger partial charge in [0.15, 0.2) is 0 Å². The molecule has 1 N–H and O–H groups in total. The van der Waals surface area contributed by atoms with Gasteiger partial charge in [-0.3, -0.25) is 14.9 Å². The van der Waals surface area contributed by atoms with Crippen LogP contribution in [0, 0.1) is 10.1 Å². The summed E-state index contributed by atoms with van der Waals surface area (Å²) in [6.45, 7) is 0. The highest BCUT2D eigenvalue weighted by atomic mass is 35.5. The van der Waals surface area contributed by atoms with E-state index in [1.807, 2.05) is 0 Å². The highest BCUT2D eigenvalue weighted by Gasteiger charge is 2.35. The van der Waals surface area contributed by atoms with Gasteiger partial charge in [0.1, 0.15) is 17.2 Å². The second-order valence-electron chi connectivity index (χ2n) is 6.12. The molecule has 2 aromatic carbocycles. The van der Waals surface area contributed by atoms with Gasteiger partial charge in [-0.1, -0.05) is 29.8 Å². The fourth-order valence-corrected chi connectivity index (χ4v) is 3.07. The molecule has 0 radical (unpaired) electrons. The number of urea groups is 1. The highest BCUT2D eigenvalue weighted by molar-refractivity contribution is 6.32. The predicted octanol–water partition coefficient (Wildman–Crippen LogP) is 4.61. The zero-order valence-corrected chi connectivity index (χ0v) is 15.4. The summed E-state index contributed by atoms with van der Waals surface area (Å²) in [6.07, 6.45) is 1.39. The number of nitrogens with zero attached hydrogens (tertiary/aromatic N) is 2. The van der Waals surface area contributed by atoms with Crippen LogP contribution in [0.5, 0.6) is 0 Å². The SMILES string of the molecule is O=C1N/C(=C/c2ccc(-c3cccc([N+](=O)[O-])c3)o2)C(=O)N1c1cccc(Cl)c1. The molecule has 1 fully saturated rings. The Kier molecular flexibility index (Phi) is 4.61. The zero-order chi connectivity index (χ0) is 20.5. The third-order valence-electron chi connectivity index (χ3n) is 4.20. The summed E-state index contributed by atoms with van der Waals surface area (Å²) in [6, 6.07) is 15.0. The van der Waals surface area contributed by atoms with Gasteiger partial charge < -0.3 is 9.73 Å². The summed E-state index contributed by atoms with van der Waals surface area (Å²) in [7, 11) is 0. The Labute approximate surface area is 169 Å². The zero-order valence-electron chi connectivity index (χ0n) is 14.7. The maximum absolute atomic E-state index is 12.6. The summed E-state index contributed by atoms with van der Waals surface area (Å²) < 4.78 is 5.67. The maximum atomic E-state index is 12.6. The molecule has 0 atom stereocenters. The first-order valence-corrected chi connectivity index (χ1v) is 8.77. The predicted molar refractivity (Wildman–Crippen MR) is 106 cm³/mol. The lowest BCUT2D eigenvalue weighted by Gasteiger charge is -2.11. The van der Waals surface area contributed by atoms with Crippen molar-refractivity contribution in [1.29, 1.82) is 0 Å². The second kappa shape index (κ2) is 7.25. The molecule has 4 rings (SSSR count). The molecular weight excluding hydrogens is 398 g/mol. The molecule has 8 nitrogen and oxygen atoms in total. The van der Waals surface area contributed by atoms with Crippen molar-refractivity contribution < 1.29 is 18.9 Å². The van der Waals surface area contributed by atoms with Gasteiger partial charge in [-0.25, -0.2) is 9.69 Å². The monoisotopic (exact) mass is 409 g/mol. The fourth-order valence-electron chi connectivity index (χ4n) is 2.89. The van der Waals surface area contributed by atoms with Gasteiger partial charge in [0.05, 0.1) is 10.6 Å². The lowest BCUT2D eigenvalue weighted by atomic mass is 10.1. The van der Waals surface area contributed by atoms with E-state index in [9.17, 15) is 19.7 Å². The van der Waals surface area contributed by atoms with Gasteiger partial charge in [-0.2, -0.15) is 0 Å². The molecule has 9 heteroatoms. The quantitative estimate of drug-likeness (QED) is 0.293. The Balaban J connectivity index is 1.61. The largest absolute Gasteiger partial charge is 0.457 e. The number of nitrogens with one attached hydrogen (secondary N) is 1. The maximum Gasteiger partial charge on any atom is 0.333 e. The Morgan fingerprint density at radius 3 is 2.62 bits per heavy atom. The smallest absolute Gasteiger partial charge is 0.333 e. The van der Waals surface area contributed by atoms with Crippen molar-refractivity contribution >= 4 is 41.0 Å². The molecule has 29 heavy (non-hydrogen) atoms. The van der Waals surface area contributed by atoms with Crippen LogP contribution in [0.25, 0.3) is 17.4 Å². The van der Waals surface area contributed by atoms with Crippen LogP contribution in [0.2, 0.25) is 5.02 Å². The lowest BCUT2D eigenvalue weighted by molar-refractivity contribution is -0.384. The van der Waals surface area contributed by atoms with E-state index in [-0.39, 0.29) is 11.4 Å². The number of amides is 3. The average Bonchev–Trinajstić information content (AvgIpc) is 3.26. The summed E-state index contributed by atoms with van der Waals surface area (Å²) >= 11 is 5.94. The minimum absolute atomic E-state index is 0.0370. The number of nitro groups is 1. The Morgan fingerprint density at radius 2 is 1.86 bits per heavy atom. The minimum atomic E-state index is -0.603. The fraction of sp³-hybridized carbons (Fsp3) is 0. The highest BCUT2D eigenvalue weighted by Crippen LogP contribution is 2.28. The third-order valence-corrected chi connectivity index (χ3v) is 4.43. The number of anilines is 1. The Bertz CT molecular complexity index is 1180. The topological polar surface area (TPSA) is 106 Å². The van der Waals surface area contributed by atoms with Gasteiger partial charge in [-0.15, -0.1) is 0 Å². The Hall–Kier alpha value is -3.91. The number of furan rings is 1. The summed E-state index contributed by atoms with van der Waals surface area (Å²) in [5.41, 5.74) is 0.843. The second-order valence-corrected chi connectivity index (χ2v) is 6.55. The van der Waals surface area contributed by atoms with Gasteiger partial charge in [0.2, 0.25) is 0 Å². The number of carbonyl (C=O) groups excluding carboxylic acids is 2. The van der Waals surface area contributed by atoms with E-state index >= 15 is 0 Å². The number of benzene rings is 2. The Morgan fingerprint density at radius 1 is 1.07 bits per heavy atom. The van der Waals surface area contributed by atoms with Gasteiger partial charge in [-0.05, 0) is 30.3 Å². The molecule has 3 amide bonds. The van der Waals surface area contributed by atoms with Crippen LogP contribution in [0.4, 0.5) is 16.2 Å². The van der Waals surface area contributed by atoms with E-state index in [0.29, 0.717) is 27.8 Å². The van der Waals surface area contributed by atoms with Gasteiger partial charge in [0, 0.05) is 28.8 Å². The first kappa shape index (κ1) is 18.5. The standard InChI is InChI=1S/C20H12ClN3O5/c21-13-4-2-5-14(10-13)23-19(25)17(22-20(23)26)11-16-7-8-18(29-16)12-3-1-6-15(9-12)24(27)28/h1-11H,(H,22,26)/b17-11+. The molecule has 0 aliphatic carbocycles. The third kappa shape index (κ3) is 3.61. The molecule has 144 valence electrons. The van der Waals surface area contributed by atoms with Crippen LogP contribution in [0.1, 0.15) is 5.76 Å². The molecule has 1 aliphatic heterocycles. The molecule has 0 unspecified atom stereocenters. The number of nitro benzene ring substituents is 1. The van der Waals surface area contributed by atoms with Crippen molar-refractivity contribution in [3.05, 3.63) is 87.3 Å². The van der Waals surface area contributed by atoms with E-state index in [2.05, 4.69) is 5.32 Å². The minimum Gasteiger partial charge on any atom is -0.457 e. The van der Waals surface area contributed by atoms with E-state index in [0.717, 1.165) is 4.90 Å². The van der Waals surface area contributed by atoms with E-state index in [4.69, 9.17) is 16.0 Å². The van der Waals surface area contributed by atoms with Crippen molar-refractivity contribution in [2.24, 2.45) is 0 Å². The van der Waals surface area contributed by atoms with Crippen LogP contribution >= 0.6 is 11.6 Å². The van der Waals surface area contributed by atoms with Crippen LogP contribution in [-0.4, -0.2) is 16.9 Å². The first-order chi connectivity index (χ1) is 13.9. The number of halogens is 1. The number of non-ortho nitro benzene ring substituents is 1. The number of carbonyl (C=O) groups is 2. The van der Waals surface area contributed by atoms with Crippen LogP contribution in [0.3, 0.4) is 0 Å². The summed E-state index contributed by atoms with van der Waals surface area (Å²) in [5, 5.41) is 13.8. The van der Waals surface area contributed by atoms with Crippen molar-refractivity contribution in [3.63, 3.8) is 0 Å². The normalized spacial score (nSPS) is 15.1. The molecule has 0 bridgehead atoms. The number of rotatable bonds is 4. The number of imide groups is 1. The molecule has 2 heterocycles. The van der Waals surface area contributed by atoms with E-state index in [1.165, 1.54) is 24.3 Å². The molecule has 1 saturated heterocycles. The molecular formula is C20H12ClN3O5. The number of hydrogen-bond donors (Lipinski definition) is 1. The van der Waals surface area contributed by atoms with Crippen molar-refractivity contribution in [3.8, 4) is 11.3 Å². The van der Waals surface area contributed by atoms with Crippen LogP contribution in [0.15, 0.2) is 70.8 Å². The van der Waals surface area contributed by atoms with Crippen LogP contribution < -0.4 is 10.2 Å². The molecule has 0 spiro atoms. The van der Waals surface area contributed by atoms with Crippen molar-refractivity contribution in [1.82, 2.24) is 5.32 Å². The molecule has 1 aromatic heterocycles. The number of hydrogen-bond acceptors (Lipinski definition) is 5. The van der Waals surface area contributed by atoms with E-state index < -0.39 is 16.9 Å². The first-order valence-electron chi connectivity index (χ1n) is 8.40. The molecule has 0 saturated carbocycles. The van der Waals surface area contributed by atoms with Gasteiger partial charge >= 0.3 is 6.03 Å².